The molecule has 1 fully saturated rings. The van der Waals surface area contributed by atoms with Crippen LogP contribution in [0.3, 0.4) is 0 Å². The number of anilines is 1. The van der Waals surface area contributed by atoms with Crippen molar-refractivity contribution >= 4 is 32.7 Å². The zero-order valence-electron chi connectivity index (χ0n) is 18.3. The van der Waals surface area contributed by atoms with Crippen LogP contribution < -0.4 is 10.2 Å². The molecule has 7 nitrogen and oxygen atoms in total. The van der Waals surface area contributed by atoms with Gasteiger partial charge in [0.05, 0.1) is 22.0 Å². The summed E-state index contributed by atoms with van der Waals surface area (Å²) in [7, 11) is 0. The van der Waals surface area contributed by atoms with Crippen molar-refractivity contribution in [3.63, 3.8) is 0 Å². The van der Waals surface area contributed by atoms with E-state index in [0.717, 1.165) is 51.8 Å². The fourth-order valence-electron chi connectivity index (χ4n) is 4.13. The Morgan fingerprint density at radius 3 is 2.84 bits per heavy atom. The summed E-state index contributed by atoms with van der Waals surface area (Å²) in [5, 5.41) is 8.74. The Labute approximate surface area is 191 Å². The number of carbonyl (C=O) groups excluding carboxylic acids is 1. The number of nitrogens with zero attached hydrogens (tertiary/aromatic N) is 5. The Balaban J connectivity index is 1.33. The molecule has 0 saturated carbocycles. The number of piperidine rings is 1. The molecule has 4 heterocycles. The number of amides is 1. The number of pyridine rings is 1. The largest absolute Gasteiger partial charge is 0.352 e. The van der Waals surface area contributed by atoms with Crippen LogP contribution >= 0.6 is 11.3 Å². The maximum absolute atomic E-state index is 12.8. The second-order valence-electron chi connectivity index (χ2n) is 8.35. The molecule has 5 rings (SSSR count). The summed E-state index contributed by atoms with van der Waals surface area (Å²) in [5.41, 5.74) is 5.10. The van der Waals surface area contributed by atoms with E-state index in [1.165, 1.54) is 5.56 Å². The van der Waals surface area contributed by atoms with Crippen molar-refractivity contribution in [2.75, 3.05) is 18.0 Å². The molecule has 0 unspecified atom stereocenters. The van der Waals surface area contributed by atoms with E-state index in [2.05, 4.69) is 46.4 Å². The molecule has 4 aromatic rings. The van der Waals surface area contributed by atoms with Gasteiger partial charge in [0.25, 0.3) is 0 Å². The highest BCUT2D eigenvalue weighted by molar-refractivity contribution is 7.22. The molecule has 0 bridgehead atoms. The fraction of sp³-hybridized carbons (Fsp3) is 0.333. The Hall–Kier alpha value is -3.26. The summed E-state index contributed by atoms with van der Waals surface area (Å²) < 4.78 is 3.02. The average Bonchev–Trinajstić information content (AvgIpc) is 3.39. The highest BCUT2D eigenvalue weighted by Gasteiger charge is 2.28. The molecule has 1 atom stereocenters. The molecular formula is C24H26N6OS. The number of benzene rings is 1. The van der Waals surface area contributed by atoms with E-state index < -0.39 is 0 Å². The first-order valence-electron chi connectivity index (χ1n) is 10.9. The van der Waals surface area contributed by atoms with Crippen molar-refractivity contribution in [1.82, 2.24) is 25.1 Å². The van der Waals surface area contributed by atoms with Gasteiger partial charge in [0.2, 0.25) is 5.91 Å². The highest BCUT2D eigenvalue weighted by atomic mass is 32.1. The fourth-order valence-corrected chi connectivity index (χ4v) is 5.15. The Morgan fingerprint density at radius 1 is 1.22 bits per heavy atom. The van der Waals surface area contributed by atoms with Crippen LogP contribution in [0.2, 0.25) is 0 Å². The van der Waals surface area contributed by atoms with Crippen LogP contribution in [0.15, 0.2) is 48.8 Å². The minimum absolute atomic E-state index is 0.0397. The number of nitrogens with one attached hydrogen (secondary N) is 1. The zero-order chi connectivity index (χ0) is 22.1. The Kier molecular flexibility index (Phi) is 5.61. The molecule has 3 aromatic heterocycles. The molecule has 0 radical (unpaired) electrons. The number of rotatable bonds is 5. The van der Waals surface area contributed by atoms with E-state index in [1.54, 1.807) is 23.7 Å². The first kappa shape index (κ1) is 20.6. The van der Waals surface area contributed by atoms with Crippen LogP contribution in [0.25, 0.3) is 16.0 Å². The van der Waals surface area contributed by atoms with Crippen LogP contribution in [0.1, 0.15) is 29.7 Å². The lowest BCUT2D eigenvalue weighted by molar-refractivity contribution is -0.125. The van der Waals surface area contributed by atoms with Crippen molar-refractivity contribution in [2.24, 2.45) is 5.92 Å². The predicted octanol–water partition coefficient (Wildman–Crippen LogP) is 4.03. The van der Waals surface area contributed by atoms with E-state index >= 15 is 0 Å². The number of fused-ring (bicyclic) bond motifs is 1. The molecule has 0 aliphatic carbocycles. The van der Waals surface area contributed by atoms with Crippen molar-refractivity contribution < 1.29 is 4.79 Å². The van der Waals surface area contributed by atoms with Crippen molar-refractivity contribution in [2.45, 2.75) is 33.2 Å². The zero-order valence-corrected chi connectivity index (χ0v) is 19.1. The molecule has 8 heteroatoms. The molecule has 0 spiro atoms. The summed E-state index contributed by atoms with van der Waals surface area (Å²) in [6.07, 6.45) is 5.40. The summed E-state index contributed by atoms with van der Waals surface area (Å²) in [5.74, 6) is 0.0591. The lowest BCUT2D eigenvalue weighted by Gasteiger charge is -2.31. The van der Waals surface area contributed by atoms with Crippen molar-refractivity contribution in [3.05, 3.63) is 65.6 Å². The number of thiazole rings is 1. The van der Waals surface area contributed by atoms with Gasteiger partial charge in [0.1, 0.15) is 0 Å². The van der Waals surface area contributed by atoms with E-state index in [1.807, 2.05) is 23.7 Å². The summed E-state index contributed by atoms with van der Waals surface area (Å²) in [6, 6.07) is 12.2. The van der Waals surface area contributed by atoms with Gasteiger partial charge in [-0.05, 0) is 50.5 Å². The van der Waals surface area contributed by atoms with Crippen molar-refractivity contribution in [1.29, 1.82) is 0 Å². The number of aryl methyl sites for hydroxylation is 2. The van der Waals surface area contributed by atoms with Crippen LogP contribution in [0.4, 0.5) is 5.13 Å². The Bertz CT molecular complexity index is 1230. The smallest absolute Gasteiger partial charge is 0.225 e. The third-order valence-electron chi connectivity index (χ3n) is 5.91. The molecule has 1 aliphatic heterocycles. The normalized spacial score (nSPS) is 16.4. The molecule has 1 saturated heterocycles. The lowest BCUT2D eigenvalue weighted by atomic mass is 9.97. The van der Waals surface area contributed by atoms with Crippen LogP contribution in [-0.4, -0.2) is 38.7 Å². The van der Waals surface area contributed by atoms with Gasteiger partial charge in [-0.3, -0.25) is 9.78 Å². The van der Waals surface area contributed by atoms with E-state index in [-0.39, 0.29) is 11.8 Å². The number of hydrogen-bond acceptors (Lipinski definition) is 6. The molecule has 164 valence electrons. The topological polar surface area (TPSA) is 75.9 Å². The van der Waals surface area contributed by atoms with Crippen molar-refractivity contribution in [3.8, 4) is 5.69 Å². The molecule has 1 amide bonds. The number of carbonyl (C=O) groups is 1. The minimum Gasteiger partial charge on any atom is -0.352 e. The first-order valence-corrected chi connectivity index (χ1v) is 11.7. The van der Waals surface area contributed by atoms with E-state index in [9.17, 15) is 4.79 Å². The molecule has 1 aromatic carbocycles. The predicted molar refractivity (Wildman–Crippen MR) is 127 cm³/mol. The first-order chi connectivity index (χ1) is 15.6. The van der Waals surface area contributed by atoms with E-state index in [4.69, 9.17) is 10.1 Å². The van der Waals surface area contributed by atoms with Crippen LogP contribution in [0, 0.1) is 19.8 Å². The maximum atomic E-state index is 12.8. The standard InChI is InChI=1S/C24H26N6OS/c1-16-7-9-20(10-8-16)30-22-21(17(2)28-30)32-24(27-22)29-12-4-6-19(15-29)23(31)26-14-18-5-3-11-25-13-18/h3,5,7-11,13,19H,4,6,12,14-15H2,1-2H3,(H,26,31)/t19-/m1/s1. The molecule has 1 N–H and O–H groups in total. The van der Waals surface area contributed by atoms with Gasteiger partial charge in [-0.1, -0.05) is 35.1 Å². The summed E-state index contributed by atoms with van der Waals surface area (Å²) in [4.78, 5) is 24.1. The van der Waals surface area contributed by atoms with Crippen LogP contribution in [0.5, 0.6) is 0 Å². The summed E-state index contributed by atoms with van der Waals surface area (Å²) >= 11 is 1.66. The quantitative estimate of drug-likeness (QED) is 0.501. The minimum atomic E-state index is -0.0397. The van der Waals surface area contributed by atoms with Gasteiger partial charge in [-0.2, -0.15) is 10.1 Å². The van der Waals surface area contributed by atoms with Crippen LogP contribution in [-0.2, 0) is 11.3 Å². The SMILES string of the molecule is Cc1ccc(-n2nc(C)c3sc(N4CCC[C@@H](C(=O)NCc5cccnc5)C4)nc32)cc1. The van der Waals surface area contributed by atoms with Gasteiger partial charge in [-0.25, -0.2) is 4.68 Å². The third kappa shape index (κ3) is 4.10. The van der Waals surface area contributed by atoms with Gasteiger partial charge in [0.15, 0.2) is 10.8 Å². The van der Waals surface area contributed by atoms with Gasteiger partial charge < -0.3 is 10.2 Å². The summed E-state index contributed by atoms with van der Waals surface area (Å²) in [6.45, 7) is 6.22. The molecular weight excluding hydrogens is 420 g/mol. The molecule has 1 aliphatic rings. The average molecular weight is 447 g/mol. The Morgan fingerprint density at radius 2 is 2.06 bits per heavy atom. The molecule has 32 heavy (non-hydrogen) atoms. The highest BCUT2D eigenvalue weighted by Crippen LogP contribution is 2.34. The van der Waals surface area contributed by atoms with Gasteiger partial charge >= 0.3 is 0 Å². The third-order valence-corrected chi connectivity index (χ3v) is 7.12. The lowest BCUT2D eigenvalue weighted by Crippen LogP contribution is -2.43. The van der Waals surface area contributed by atoms with Gasteiger partial charge in [0, 0.05) is 32.0 Å². The van der Waals surface area contributed by atoms with Gasteiger partial charge in [-0.15, -0.1) is 0 Å². The van der Waals surface area contributed by atoms with E-state index in [0.29, 0.717) is 13.1 Å². The second kappa shape index (κ2) is 8.70. The maximum Gasteiger partial charge on any atom is 0.225 e. The second-order valence-corrected chi connectivity index (χ2v) is 9.32. The number of hydrogen-bond donors (Lipinski definition) is 1. The number of aromatic nitrogens is 4. The monoisotopic (exact) mass is 446 g/mol.